The average molecular weight is 355 g/mol. The van der Waals surface area contributed by atoms with Gasteiger partial charge in [-0.2, -0.15) is 0 Å². The number of amides is 1. The first-order chi connectivity index (χ1) is 11.4. The summed E-state index contributed by atoms with van der Waals surface area (Å²) in [6.45, 7) is 3.82. The molecule has 0 spiro atoms. The van der Waals surface area contributed by atoms with Crippen molar-refractivity contribution in [2.45, 2.75) is 71.3 Å². The summed E-state index contributed by atoms with van der Waals surface area (Å²) in [6, 6.07) is -0.0650. The highest BCUT2D eigenvalue weighted by Crippen LogP contribution is 2.26. The van der Waals surface area contributed by atoms with E-state index in [4.69, 9.17) is 0 Å². The predicted molar refractivity (Wildman–Crippen MR) is 97.9 cm³/mol. The van der Waals surface area contributed by atoms with Crippen molar-refractivity contribution >= 4 is 21.5 Å². The molecule has 0 aromatic carbocycles. The van der Waals surface area contributed by atoms with Crippen LogP contribution in [0.3, 0.4) is 0 Å². The van der Waals surface area contributed by atoms with Gasteiger partial charge in [-0.25, -0.2) is 8.42 Å². The van der Waals surface area contributed by atoms with Gasteiger partial charge in [-0.15, -0.1) is 0 Å². The second kappa shape index (κ2) is 8.79. The van der Waals surface area contributed by atoms with Gasteiger partial charge in [0.25, 0.3) is 5.91 Å². The van der Waals surface area contributed by atoms with Crippen molar-refractivity contribution in [2.24, 2.45) is 10.9 Å². The number of carbonyl (C=O) groups excluding carboxylic acids is 1. The average Bonchev–Trinajstić information content (AvgIpc) is 2.55. The molecule has 136 valence electrons. The highest BCUT2D eigenvalue weighted by Gasteiger charge is 2.25. The van der Waals surface area contributed by atoms with Crippen molar-refractivity contribution in [3.63, 3.8) is 0 Å². The molecule has 1 N–H and O–H groups in total. The van der Waals surface area contributed by atoms with Gasteiger partial charge in [0.1, 0.15) is 15.5 Å². The van der Waals surface area contributed by atoms with Crippen LogP contribution in [0.5, 0.6) is 0 Å². The highest BCUT2D eigenvalue weighted by atomic mass is 32.2. The van der Waals surface area contributed by atoms with E-state index in [0.717, 1.165) is 12.1 Å². The van der Waals surface area contributed by atoms with Crippen LogP contribution in [0, 0.1) is 5.92 Å². The summed E-state index contributed by atoms with van der Waals surface area (Å²) in [5.41, 5.74) is 1.45. The first kappa shape index (κ1) is 19.2. The van der Waals surface area contributed by atoms with Crippen molar-refractivity contribution in [1.29, 1.82) is 0 Å². The molecule has 0 atom stereocenters. The van der Waals surface area contributed by atoms with Gasteiger partial charge >= 0.3 is 0 Å². The number of hydrogen-bond donors (Lipinski definition) is 1. The maximum atomic E-state index is 12.4. The summed E-state index contributed by atoms with van der Waals surface area (Å²) in [4.78, 5) is 16.9. The van der Waals surface area contributed by atoms with Crippen LogP contribution in [-0.2, 0) is 14.6 Å². The van der Waals surface area contributed by atoms with Gasteiger partial charge in [0.2, 0.25) is 0 Å². The van der Waals surface area contributed by atoms with E-state index in [9.17, 15) is 13.2 Å². The third kappa shape index (κ3) is 6.04. The van der Waals surface area contributed by atoms with Crippen LogP contribution < -0.4 is 5.32 Å². The van der Waals surface area contributed by atoms with Crippen molar-refractivity contribution in [3.05, 3.63) is 11.8 Å². The summed E-state index contributed by atoms with van der Waals surface area (Å²) in [7, 11) is -2.91. The minimum absolute atomic E-state index is 0.0650. The second-order valence-electron chi connectivity index (χ2n) is 7.13. The molecule has 1 saturated heterocycles. The largest absolute Gasteiger partial charge is 0.348 e. The van der Waals surface area contributed by atoms with E-state index >= 15 is 0 Å². The second-order valence-corrected chi connectivity index (χ2v) is 9.43. The van der Waals surface area contributed by atoms with Crippen molar-refractivity contribution in [1.82, 2.24) is 5.32 Å². The zero-order chi connectivity index (χ0) is 17.6. The van der Waals surface area contributed by atoms with Gasteiger partial charge in [-0.3, -0.25) is 9.79 Å². The van der Waals surface area contributed by atoms with Crippen LogP contribution in [0.4, 0.5) is 0 Å². The number of sulfone groups is 1. The Morgan fingerprint density at radius 2 is 1.75 bits per heavy atom. The first-order valence-corrected chi connectivity index (χ1v) is 10.9. The fourth-order valence-corrected chi connectivity index (χ4v) is 5.09. The zero-order valence-corrected chi connectivity index (χ0v) is 15.7. The summed E-state index contributed by atoms with van der Waals surface area (Å²) >= 11 is 0. The Hall–Kier alpha value is -1.17. The lowest BCUT2D eigenvalue weighted by atomic mass is 9.86. The Morgan fingerprint density at radius 1 is 1.12 bits per heavy atom. The van der Waals surface area contributed by atoms with E-state index in [2.05, 4.69) is 10.3 Å². The van der Waals surface area contributed by atoms with E-state index in [1.165, 1.54) is 32.1 Å². The summed E-state index contributed by atoms with van der Waals surface area (Å²) in [5, 5.41) is 2.94. The predicted octanol–water partition coefficient (Wildman–Crippen LogP) is 3.01. The lowest BCUT2D eigenvalue weighted by Crippen LogP contribution is -2.41. The Balaban J connectivity index is 1.87. The molecule has 0 unspecified atom stereocenters. The monoisotopic (exact) mass is 354 g/mol. The quantitative estimate of drug-likeness (QED) is 0.609. The van der Waals surface area contributed by atoms with E-state index in [1.54, 1.807) is 6.08 Å². The molecule has 0 radical (unpaired) electrons. The summed E-state index contributed by atoms with van der Waals surface area (Å²) < 4.78 is 22.9. The number of rotatable bonds is 5. The molecule has 2 fully saturated rings. The molecule has 1 heterocycles. The van der Waals surface area contributed by atoms with E-state index < -0.39 is 9.84 Å². The molecule has 6 heteroatoms. The Labute approximate surface area is 145 Å². The molecule has 1 saturated carbocycles. The normalized spacial score (nSPS) is 23.9. The molecule has 0 aromatic rings. The van der Waals surface area contributed by atoms with Crippen LogP contribution in [0.15, 0.2) is 16.8 Å². The summed E-state index contributed by atoms with van der Waals surface area (Å²) in [6.07, 6.45) is 10.2. The van der Waals surface area contributed by atoms with Crippen LogP contribution in [0.25, 0.3) is 0 Å². The number of hydrogen-bond acceptors (Lipinski definition) is 4. The van der Waals surface area contributed by atoms with Gasteiger partial charge in [0.05, 0.1) is 11.5 Å². The number of carbonyl (C=O) groups is 1. The van der Waals surface area contributed by atoms with Crippen molar-refractivity contribution in [3.8, 4) is 0 Å². The maximum Gasteiger partial charge on any atom is 0.269 e. The number of nitrogens with zero attached hydrogens (tertiary/aromatic N) is 1. The smallest absolute Gasteiger partial charge is 0.269 e. The lowest BCUT2D eigenvalue weighted by molar-refractivity contribution is -0.118. The number of nitrogens with one attached hydrogen (secondary N) is 1. The van der Waals surface area contributed by atoms with Crippen LogP contribution in [-0.4, -0.2) is 37.6 Å². The zero-order valence-electron chi connectivity index (χ0n) is 14.9. The van der Waals surface area contributed by atoms with Crippen molar-refractivity contribution in [2.75, 3.05) is 11.5 Å². The molecular formula is C18H30N2O3S. The van der Waals surface area contributed by atoms with Gasteiger partial charge < -0.3 is 5.32 Å². The van der Waals surface area contributed by atoms with E-state index in [0.29, 0.717) is 24.5 Å². The first-order valence-electron chi connectivity index (χ1n) is 9.11. The topological polar surface area (TPSA) is 75.6 Å². The third-order valence-corrected chi connectivity index (χ3v) is 6.73. The molecule has 1 aliphatic heterocycles. The summed E-state index contributed by atoms with van der Waals surface area (Å²) in [5.74, 6) is 0.831. The van der Waals surface area contributed by atoms with Crippen LogP contribution in [0.1, 0.15) is 65.2 Å². The molecule has 1 amide bonds. The number of allylic oxidation sites excluding steroid dienone is 1. The SMILES string of the molecule is C/C=C(/N=C(C)CC1CCCCC1)C(=O)NC1CCS(=O)(=O)CC1. The van der Waals surface area contributed by atoms with E-state index in [-0.39, 0.29) is 23.5 Å². The Morgan fingerprint density at radius 3 is 2.33 bits per heavy atom. The molecule has 5 nitrogen and oxygen atoms in total. The minimum Gasteiger partial charge on any atom is -0.348 e. The standard InChI is InChI=1S/C18H30N2O3S/c1-3-17(19-14(2)13-15-7-5-4-6-8-15)18(21)20-16-9-11-24(22,23)12-10-16/h3,15-16H,4-13H2,1-2H3,(H,20,21)/b17-3+,19-14?. The van der Waals surface area contributed by atoms with Gasteiger partial charge in [0.15, 0.2) is 0 Å². The van der Waals surface area contributed by atoms with Crippen LogP contribution >= 0.6 is 0 Å². The molecule has 2 aliphatic rings. The van der Waals surface area contributed by atoms with E-state index in [1.807, 2.05) is 13.8 Å². The molecule has 1 aliphatic carbocycles. The fourth-order valence-electron chi connectivity index (χ4n) is 3.60. The lowest BCUT2D eigenvalue weighted by Gasteiger charge is -2.23. The van der Waals surface area contributed by atoms with Gasteiger partial charge in [-0.1, -0.05) is 38.2 Å². The van der Waals surface area contributed by atoms with Crippen LogP contribution in [0.2, 0.25) is 0 Å². The minimum atomic E-state index is -2.91. The molecular weight excluding hydrogens is 324 g/mol. The Bertz CT molecular complexity index is 588. The molecule has 0 aromatic heterocycles. The maximum absolute atomic E-state index is 12.4. The van der Waals surface area contributed by atoms with Gasteiger partial charge in [0, 0.05) is 11.8 Å². The van der Waals surface area contributed by atoms with Crippen molar-refractivity contribution < 1.29 is 13.2 Å². The molecule has 24 heavy (non-hydrogen) atoms. The Kier molecular flexibility index (Phi) is 7.02. The fraction of sp³-hybridized carbons (Fsp3) is 0.778. The molecule has 0 bridgehead atoms. The molecule has 2 rings (SSSR count). The number of aliphatic imine (C=N–C) groups is 1. The third-order valence-electron chi connectivity index (χ3n) is 5.02. The highest BCUT2D eigenvalue weighted by molar-refractivity contribution is 7.91. The van der Waals surface area contributed by atoms with Gasteiger partial charge in [-0.05, 0) is 39.0 Å².